The lowest BCUT2D eigenvalue weighted by Crippen LogP contribution is -2.58. The fourth-order valence-corrected chi connectivity index (χ4v) is 2.60. The van der Waals surface area contributed by atoms with E-state index in [2.05, 4.69) is 16.0 Å². The van der Waals surface area contributed by atoms with Gasteiger partial charge in [-0.25, -0.2) is 4.79 Å². The lowest BCUT2D eigenvalue weighted by molar-refractivity contribution is -0.143. The van der Waals surface area contributed by atoms with Crippen molar-refractivity contribution < 1.29 is 39.3 Å². The number of unbranched alkanes of at least 4 members (excludes halogenated alkanes) is 1. The first-order chi connectivity index (χ1) is 14.9. The van der Waals surface area contributed by atoms with Gasteiger partial charge in [-0.15, -0.1) is 0 Å². The predicted octanol–water partition coefficient (Wildman–Crippen LogP) is -2.51. The maximum Gasteiger partial charge on any atom is 0.326 e. The zero-order valence-electron chi connectivity index (χ0n) is 18.4. The van der Waals surface area contributed by atoms with Gasteiger partial charge >= 0.3 is 11.9 Å². The monoisotopic (exact) mass is 461 g/mol. The average Bonchev–Trinajstić information content (AvgIpc) is 2.72. The number of aliphatic hydroxyl groups is 1. The molecular formula is C19H35N5O8. The summed E-state index contributed by atoms with van der Waals surface area (Å²) in [5, 5.41) is 34.5. The molecule has 0 saturated carbocycles. The van der Waals surface area contributed by atoms with Crippen LogP contribution >= 0.6 is 0 Å². The van der Waals surface area contributed by atoms with Crippen LogP contribution in [0.1, 0.15) is 46.0 Å². The van der Waals surface area contributed by atoms with E-state index in [-0.39, 0.29) is 18.8 Å². The highest BCUT2D eigenvalue weighted by molar-refractivity contribution is 5.94. The highest BCUT2D eigenvalue weighted by atomic mass is 16.4. The summed E-state index contributed by atoms with van der Waals surface area (Å²) in [5.41, 5.74) is 11.1. The molecule has 0 aromatic rings. The van der Waals surface area contributed by atoms with Gasteiger partial charge in [-0.05, 0) is 38.1 Å². The van der Waals surface area contributed by atoms with Gasteiger partial charge in [0.2, 0.25) is 17.7 Å². The van der Waals surface area contributed by atoms with Gasteiger partial charge in [0.15, 0.2) is 0 Å². The molecule has 10 N–H and O–H groups in total. The Morgan fingerprint density at radius 2 is 1.34 bits per heavy atom. The molecule has 4 atom stereocenters. The number of rotatable bonds is 16. The minimum atomic E-state index is -1.44. The summed E-state index contributed by atoms with van der Waals surface area (Å²) in [5.74, 6) is -5.30. The molecule has 0 rings (SSSR count). The second-order valence-electron chi connectivity index (χ2n) is 7.69. The van der Waals surface area contributed by atoms with Crippen LogP contribution in [-0.2, 0) is 24.0 Å². The molecule has 3 amide bonds. The molecule has 0 fully saturated rings. The summed E-state index contributed by atoms with van der Waals surface area (Å²) in [6.45, 7) is 2.94. The Balaban J connectivity index is 5.31. The minimum absolute atomic E-state index is 0.0975. The van der Waals surface area contributed by atoms with E-state index in [1.165, 1.54) is 0 Å². The molecule has 0 bridgehead atoms. The second kappa shape index (κ2) is 15.1. The van der Waals surface area contributed by atoms with E-state index in [0.29, 0.717) is 19.4 Å². The molecule has 0 spiro atoms. The SMILES string of the molecule is CC(C)C(N)C(=O)NC(CO)C(=O)NC(CCC(=O)O)C(=O)NC(CCCCN)C(=O)O. The standard InChI is InChI=1S/C19H35N5O8/c1-10(2)15(21)18(30)24-13(9-25)17(29)22-11(6-7-14(26)27)16(28)23-12(19(31)32)5-3-4-8-20/h10-13,15,25H,3-9,20-21H2,1-2H3,(H,22,29)(H,23,28)(H,24,30)(H,26,27)(H,31,32). The smallest absolute Gasteiger partial charge is 0.326 e. The van der Waals surface area contributed by atoms with Gasteiger partial charge in [-0.2, -0.15) is 0 Å². The van der Waals surface area contributed by atoms with Gasteiger partial charge in [-0.3, -0.25) is 19.2 Å². The van der Waals surface area contributed by atoms with Crippen molar-refractivity contribution in [2.24, 2.45) is 17.4 Å². The van der Waals surface area contributed by atoms with E-state index >= 15 is 0 Å². The van der Waals surface area contributed by atoms with Crippen LogP contribution < -0.4 is 27.4 Å². The number of carbonyl (C=O) groups is 5. The zero-order valence-corrected chi connectivity index (χ0v) is 18.4. The van der Waals surface area contributed by atoms with Crippen LogP contribution in [0.15, 0.2) is 0 Å². The number of nitrogens with one attached hydrogen (secondary N) is 3. The molecule has 4 unspecified atom stereocenters. The molecule has 13 heteroatoms. The molecule has 0 aromatic heterocycles. The number of carboxylic acid groups (broad SMARTS) is 2. The highest BCUT2D eigenvalue weighted by Crippen LogP contribution is 2.05. The van der Waals surface area contributed by atoms with Crippen molar-refractivity contribution in [2.45, 2.75) is 70.1 Å². The summed E-state index contributed by atoms with van der Waals surface area (Å²) < 4.78 is 0. The van der Waals surface area contributed by atoms with Crippen molar-refractivity contribution in [3.63, 3.8) is 0 Å². The van der Waals surface area contributed by atoms with Gasteiger partial charge in [-0.1, -0.05) is 13.8 Å². The number of amides is 3. The summed E-state index contributed by atoms with van der Waals surface area (Å²) in [7, 11) is 0. The van der Waals surface area contributed by atoms with E-state index in [1.54, 1.807) is 13.8 Å². The predicted molar refractivity (Wildman–Crippen MR) is 113 cm³/mol. The summed E-state index contributed by atoms with van der Waals surface area (Å²) in [6.07, 6.45) is 0.265. The number of hydrogen-bond donors (Lipinski definition) is 8. The Bertz CT molecular complexity index is 658. The highest BCUT2D eigenvalue weighted by Gasteiger charge is 2.30. The number of hydrogen-bond acceptors (Lipinski definition) is 8. The fraction of sp³-hybridized carbons (Fsp3) is 0.737. The topological polar surface area (TPSA) is 234 Å². The molecule has 0 aliphatic carbocycles. The van der Waals surface area contributed by atoms with E-state index in [0.717, 1.165) is 0 Å². The fourth-order valence-electron chi connectivity index (χ4n) is 2.60. The first-order valence-corrected chi connectivity index (χ1v) is 10.4. The number of aliphatic carboxylic acids is 2. The maximum absolute atomic E-state index is 12.6. The third-order valence-electron chi connectivity index (χ3n) is 4.68. The van der Waals surface area contributed by atoms with Gasteiger partial charge in [0.1, 0.15) is 18.1 Å². The first-order valence-electron chi connectivity index (χ1n) is 10.4. The first kappa shape index (κ1) is 29.2. The Hall–Kier alpha value is -2.77. The van der Waals surface area contributed by atoms with Crippen molar-refractivity contribution in [3.8, 4) is 0 Å². The molecule has 0 heterocycles. The van der Waals surface area contributed by atoms with Crippen molar-refractivity contribution in [1.29, 1.82) is 0 Å². The summed E-state index contributed by atoms with van der Waals surface area (Å²) >= 11 is 0. The molecule has 0 radical (unpaired) electrons. The van der Waals surface area contributed by atoms with Crippen molar-refractivity contribution in [2.75, 3.05) is 13.2 Å². The lowest BCUT2D eigenvalue weighted by Gasteiger charge is -2.24. The normalized spacial score (nSPS) is 14.7. The average molecular weight is 462 g/mol. The third kappa shape index (κ3) is 11.0. The van der Waals surface area contributed by atoms with E-state index in [4.69, 9.17) is 16.6 Å². The van der Waals surface area contributed by atoms with Crippen LogP contribution in [0.5, 0.6) is 0 Å². The van der Waals surface area contributed by atoms with Gasteiger partial charge in [0.05, 0.1) is 12.6 Å². The number of carboxylic acids is 2. The maximum atomic E-state index is 12.6. The molecule has 184 valence electrons. The van der Waals surface area contributed by atoms with Gasteiger partial charge in [0, 0.05) is 6.42 Å². The van der Waals surface area contributed by atoms with Gasteiger partial charge in [0.25, 0.3) is 0 Å². The van der Waals surface area contributed by atoms with Crippen molar-refractivity contribution in [3.05, 3.63) is 0 Å². The Morgan fingerprint density at radius 3 is 1.81 bits per heavy atom. The van der Waals surface area contributed by atoms with Crippen LogP contribution in [0.3, 0.4) is 0 Å². The van der Waals surface area contributed by atoms with Gasteiger partial charge < -0.3 is 42.7 Å². The van der Waals surface area contributed by atoms with Crippen molar-refractivity contribution >= 4 is 29.7 Å². The molecule has 0 aliphatic rings. The molecule has 32 heavy (non-hydrogen) atoms. The molecular weight excluding hydrogens is 426 g/mol. The summed E-state index contributed by atoms with van der Waals surface area (Å²) in [4.78, 5) is 59.5. The second-order valence-corrected chi connectivity index (χ2v) is 7.69. The Labute approximate surface area is 186 Å². The largest absolute Gasteiger partial charge is 0.481 e. The molecule has 0 saturated heterocycles. The zero-order chi connectivity index (χ0) is 24.8. The van der Waals surface area contributed by atoms with E-state index in [9.17, 15) is 34.2 Å². The van der Waals surface area contributed by atoms with E-state index in [1.807, 2.05) is 0 Å². The van der Waals surface area contributed by atoms with Crippen LogP contribution in [-0.4, -0.2) is 82.3 Å². The van der Waals surface area contributed by atoms with Crippen LogP contribution in [0, 0.1) is 5.92 Å². The lowest BCUT2D eigenvalue weighted by atomic mass is 10.0. The van der Waals surface area contributed by atoms with Crippen LogP contribution in [0.2, 0.25) is 0 Å². The Morgan fingerprint density at radius 1 is 0.812 bits per heavy atom. The number of aliphatic hydroxyl groups excluding tert-OH is 1. The van der Waals surface area contributed by atoms with Crippen molar-refractivity contribution in [1.82, 2.24) is 16.0 Å². The Kier molecular flexibility index (Phi) is 13.8. The number of nitrogens with two attached hydrogens (primary N) is 2. The molecule has 0 aliphatic heterocycles. The third-order valence-corrected chi connectivity index (χ3v) is 4.68. The van der Waals surface area contributed by atoms with E-state index < -0.39 is 66.9 Å². The molecule has 13 nitrogen and oxygen atoms in total. The van der Waals surface area contributed by atoms with Crippen LogP contribution in [0.4, 0.5) is 0 Å². The number of carbonyl (C=O) groups excluding carboxylic acids is 3. The van der Waals surface area contributed by atoms with Crippen LogP contribution in [0.25, 0.3) is 0 Å². The molecule has 0 aromatic carbocycles. The summed E-state index contributed by atoms with van der Waals surface area (Å²) in [6, 6.07) is -5.03. The quantitative estimate of drug-likeness (QED) is 0.112. The minimum Gasteiger partial charge on any atom is -0.481 e.